The van der Waals surface area contributed by atoms with Crippen molar-refractivity contribution in [2.24, 2.45) is 0 Å². The minimum absolute atomic E-state index is 0.0318. The molecule has 2 aliphatic rings. The zero-order valence-corrected chi connectivity index (χ0v) is 20.4. The molecular formula is C27H35N3O4. The van der Waals surface area contributed by atoms with E-state index in [2.05, 4.69) is 21.2 Å². The van der Waals surface area contributed by atoms with Crippen molar-refractivity contribution in [1.29, 1.82) is 0 Å². The summed E-state index contributed by atoms with van der Waals surface area (Å²) in [5, 5.41) is 3.05. The van der Waals surface area contributed by atoms with Gasteiger partial charge in [-0.1, -0.05) is 11.6 Å². The van der Waals surface area contributed by atoms with Crippen molar-refractivity contribution >= 4 is 17.7 Å². The molecule has 0 aliphatic carbocycles. The first-order chi connectivity index (χ1) is 16.6. The van der Waals surface area contributed by atoms with Crippen molar-refractivity contribution < 1.29 is 19.0 Å². The van der Waals surface area contributed by atoms with Crippen LogP contribution in [0.15, 0.2) is 42.0 Å². The lowest BCUT2D eigenvalue weighted by molar-refractivity contribution is -0.117. The highest BCUT2D eigenvalue weighted by molar-refractivity contribution is 5.99. The number of carbonyl (C=O) groups excluding carboxylic acids is 1. The van der Waals surface area contributed by atoms with Gasteiger partial charge in [-0.05, 0) is 56.7 Å². The second-order valence-electron chi connectivity index (χ2n) is 8.83. The molecule has 2 aromatic carbocycles. The minimum atomic E-state index is -0.0318. The number of rotatable bonds is 9. The summed E-state index contributed by atoms with van der Waals surface area (Å²) >= 11 is 0. The fourth-order valence-electron chi connectivity index (χ4n) is 4.46. The fourth-order valence-corrected chi connectivity index (χ4v) is 4.46. The van der Waals surface area contributed by atoms with Crippen LogP contribution in [0.25, 0.3) is 6.08 Å². The lowest BCUT2D eigenvalue weighted by atomic mass is 10.0. The monoisotopic (exact) mass is 465 g/mol. The van der Waals surface area contributed by atoms with E-state index in [1.54, 1.807) is 14.2 Å². The molecule has 34 heavy (non-hydrogen) atoms. The molecule has 182 valence electrons. The molecule has 2 heterocycles. The highest BCUT2D eigenvalue weighted by Gasteiger charge is 2.19. The Bertz CT molecular complexity index is 1030. The summed E-state index contributed by atoms with van der Waals surface area (Å²) in [5.74, 6) is 2.33. The Morgan fingerprint density at radius 1 is 1.00 bits per heavy atom. The highest BCUT2D eigenvalue weighted by atomic mass is 16.5. The molecule has 0 atom stereocenters. The van der Waals surface area contributed by atoms with Crippen LogP contribution in [0.3, 0.4) is 0 Å². The lowest BCUT2D eigenvalue weighted by Gasteiger charge is -2.36. The summed E-state index contributed by atoms with van der Waals surface area (Å²) in [6.45, 7) is 8.14. The third-order valence-electron chi connectivity index (χ3n) is 6.46. The Balaban J connectivity index is 1.15. The lowest BCUT2D eigenvalue weighted by Crippen LogP contribution is -2.46. The summed E-state index contributed by atoms with van der Waals surface area (Å²) in [6, 6.07) is 12.1. The number of ether oxygens (including phenoxy) is 3. The predicted molar refractivity (Wildman–Crippen MR) is 135 cm³/mol. The highest BCUT2D eigenvalue weighted by Crippen LogP contribution is 2.32. The first-order valence-electron chi connectivity index (χ1n) is 12.0. The zero-order valence-electron chi connectivity index (χ0n) is 20.4. The van der Waals surface area contributed by atoms with E-state index in [4.69, 9.17) is 14.2 Å². The average Bonchev–Trinajstić information content (AvgIpc) is 2.87. The van der Waals surface area contributed by atoms with Gasteiger partial charge in [0.05, 0.1) is 19.8 Å². The van der Waals surface area contributed by atoms with Crippen molar-refractivity contribution in [3.05, 3.63) is 53.1 Å². The molecular weight excluding hydrogens is 430 g/mol. The molecule has 1 saturated heterocycles. The van der Waals surface area contributed by atoms with E-state index in [1.807, 2.05) is 43.3 Å². The van der Waals surface area contributed by atoms with Crippen LogP contribution in [0.2, 0.25) is 0 Å². The molecule has 2 aliphatic heterocycles. The Hall–Kier alpha value is -3.19. The van der Waals surface area contributed by atoms with Gasteiger partial charge in [0, 0.05) is 50.0 Å². The Labute approximate surface area is 202 Å². The third-order valence-corrected chi connectivity index (χ3v) is 6.46. The summed E-state index contributed by atoms with van der Waals surface area (Å²) < 4.78 is 16.5. The molecule has 2 aromatic rings. The minimum Gasteiger partial charge on any atom is -0.493 e. The number of aryl methyl sites for hydroxylation is 1. The van der Waals surface area contributed by atoms with Crippen molar-refractivity contribution in [1.82, 2.24) is 10.2 Å². The second-order valence-corrected chi connectivity index (χ2v) is 8.83. The molecule has 4 rings (SSSR count). The topological polar surface area (TPSA) is 63.3 Å². The number of hydrogen-bond donors (Lipinski definition) is 1. The van der Waals surface area contributed by atoms with E-state index in [0.29, 0.717) is 18.7 Å². The number of piperazine rings is 1. The van der Waals surface area contributed by atoms with Crippen molar-refractivity contribution in [3.8, 4) is 17.2 Å². The van der Waals surface area contributed by atoms with Gasteiger partial charge in [0.2, 0.25) is 0 Å². The van der Waals surface area contributed by atoms with Crippen molar-refractivity contribution in [3.63, 3.8) is 0 Å². The number of nitrogens with zero attached hydrogens (tertiary/aromatic N) is 2. The molecule has 1 fully saturated rings. The number of anilines is 1. The zero-order chi connectivity index (χ0) is 23.9. The van der Waals surface area contributed by atoms with Gasteiger partial charge < -0.3 is 24.4 Å². The number of amides is 1. The molecule has 1 N–H and O–H groups in total. The van der Waals surface area contributed by atoms with E-state index < -0.39 is 0 Å². The Kier molecular flexibility index (Phi) is 7.95. The maximum Gasteiger partial charge on any atom is 0.250 e. The number of nitrogens with one attached hydrogen (secondary N) is 1. The summed E-state index contributed by atoms with van der Waals surface area (Å²) in [4.78, 5) is 17.4. The van der Waals surface area contributed by atoms with Gasteiger partial charge in [-0.25, -0.2) is 0 Å². The number of unbranched alkanes of at least 4 members (excludes halogenated alkanes) is 1. The SMILES string of the molecule is COc1ccc(N2CCN(CCCCNC(=O)C3=Cc4cc(C)ccc4OC3)CC2)cc1OC. The number of methoxy groups -OCH3 is 2. The number of carbonyl (C=O) groups is 1. The molecule has 0 radical (unpaired) electrons. The molecule has 7 heteroatoms. The van der Waals surface area contributed by atoms with Gasteiger partial charge in [-0.15, -0.1) is 0 Å². The van der Waals surface area contributed by atoms with Gasteiger partial charge >= 0.3 is 0 Å². The van der Waals surface area contributed by atoms with Crippen LogP contribution in [0.1, 0.15) is 24.0 Å². The molecule has 7 nitrogen and oxygen atoms in total. The smallest absolute Gasteiger partial charge is 0.250 e. The van der Waals surface area contributed by atoms with E-state index in [-0.39, 0.29) is 5.91 Å². The predicted octanol–water partition coefficient (Wildman–Crippen LogP) is 3.51. The van der Waals surface area contributed by atoms with Crippen LogP contribution in [-0.2, 0) is 4.79 Å². The van der Waals surface area contributed by atoms with Crippen LogP contribution >= 0.6 is 0 Å². The van der Waals surface area contributed by atoms with Gasteiger partial charge in [0.1, 0.15) is 12.4 Å². The molecule has 0 spiro atoms. The molecule has 0 saturated carbocycles. The molecule has 0 bridgehead atoms. The fraction of sp³-hybridized carbons (Fsp3) is 0.444. The van der Waals surface area contributed by atoms with E-state index >= 15 is 0 Å². The van der Waals surface area contributed by atoms with Crippen molar-refractivity contribution in [2.45, 2.75) is 19.8 Å². The molecule has 0 aromatic heterocycles. The number of benzene rings is 2. The molecule has 1 amide bonds. The maximum atomic E-state index is 12.5. The normalized spacial score (nSPS) is 15.7. The maximum absolute atomic E-state index is 12.5. The van der Waals surface area contributed by atoms with Crippen LogP contribution in [0.5, 0.6) is 17.2 Å². The van der Waals surface area contributed by atoms with Crippen LogP contribution in [-0.4, -0.2) is 70.9 Å². The first-order valence-corrected chi connectivity index (χ1v) is 12.0. The largest absolute Gasteiger partial charge is 0.493 e. The Morgan fingerprint density at radius 2 is 1.79 bits per heavy atom. The van der Waals surface area contributed by atoms with Gasteiger partial charge in [0.25, 0.3) is 5.91 Å². The van der Waals surface area contributed by atoms with Gasteiger partial charge in [0.15, 0.2) is 11.5 Å². The van der Waals surface area contributed by atoms with Crippen molar-refractivity contribution in [2.75, 3.05) is 65.0 Å². The van der Waals surface area contributed by atoms with E-state index in [0.717, 1.165) is 73.9 Å². The summed E-state index contributed by atoms with van der Waals surface area (Å²) in [6.07, 6.45) is 3.97. The number of hydrogen-bond acceptors (Lipinski definition) is 6. The first kappa shape index (κ1) is 24.0. The van der Waals surface area contributed by atoms with Gasteiger partial charge in [-0.2, -0.15) is 0 Å². The second kappa shape index (κ2) is 11.3. The standard InChI is InChI=1S/C27H35N3O4/c1-20-6-8-24-21(16-20)17-22(19-34-24)27(31)28-10-4-5-11-29-12-14-30(15-13-29)23-7-9-25(32-2)26(18-23)33-3/h6-9,16-18H,4-5,10-15,19H2,1-3H3,(H,28,31). The third kappa shape index (κ3) is 5.83. The number of fused-ring (bicyclic) bond motifs is 1. The molecule has 0 unspecified atom stereocenters. The summed E-state index contributed by atoms with van der Waals surface area (Å²) in [7, 11) is 3.32. The summed E-state index contributed by atoms with van der Waals surface area (Å²) in [5.41, 5.74) is 3.98. The van der Waals surface area contributed by atoms with Gasteiger partial charge in [-0.3, -0.25) is 9.69 Å². The average molecular weight is 466 g/mol. The van der Waals surface area contributed by atoms with Crippen LogP contribution < -0.4 is 24.4 Å². The van der Waals surface area contributed by atoms with E-state index in [9.17, 15) is 4.79 Å². The van der Waals surface area contributed by atoms with E-state index in [1.165, 1.54) is 5.69 Å². The Morgan fingerprint density at radius 3 is 2.56 bits per heavy atom. The van der Waals surface area contributed by atoms with Crippen LogP contribution in [0, 0.1) is 6.92 Å². The van der Waals surface area contributed by atoms with Crippen LogP contribution in [0.4, 0.5) is 5.69 Å². The quantitative estimate of drug-likeness (QED) is 0.572.